The van der Waals surface area contributed by atoms with E-state index in [0.29, 0.717) is 16.9 Å². The van der Waals surface area contributed by atoms with Crippen LogP contribution in [0.2, 0.25) is 0 Å². The highest BCUT2D eigenvalue weighted by atomic mass is 16.4. The summed E-state index contributed by atoms with van der Waals surface area (Å²) in [5.41, 5.74) is 2.18. The Labute approximate surface area is 230 Å². The molecule has 0 aliphatic carbocycles. The molecule has 0 bridgehead atoms. The van der Waals surface area contributed by atoms with E-state index < -0.39 is 11.9 Å². The minimum atomic E-state index is -1.02. The number of aromatic hydroxyl groups is 2. The smallest absolute Gasteiger partial charge is 0.303 e. The molecule has 0 atom stereocenters. The first-order valence-corrected chi connectivity index (χ1v) is 12.2. The van der Waals surface area contributed by atoms with Gasteiger partial charge in [-0.3, -0.25) is 24.2 Å². The van der Waals surface area contributed by atoms with Gasteiger partial charge in [-0.2, -0.15) is 0 Å². The van der Waals surface area contributed by atoms with Crippen LogP contribution < -0.4 is 0 Å². The molecule has 0 unspecified atom stereocenters. The van der Waals surface area contributed by atoms with Crippen molar-refractivity contribution in [1.29, 1.82) is 0 Å². The zero-order valence-electron chi connectivity index (χ0n) is 22.5. The molecule has 0 radical (unpaired) electrons. The van der Waals surface area contributed by atoms with Gasteiger partial charge in [-0.1, -0.05) is 18.2 Å². The summed E-state index contributed by atoms with van der Waals surface area (Å²) >= 11 is 0. The number of rotatable bonds is 10. The average Bonchev–Trinajstić information content (AvgIpc) is 2.89. The lowest BCUT2D eigenvalue weighted by molar-refractivity contribution is -0.138. The lowest BCUT2D eigenvalue weighted by atomic mass is 9.99. The maximum atomic E-state index is 11.9. The third-order valence-electron chi connectivity index (χ3n) is 5.66. The number of ketones is 2. The molecule has 1 aromatic carbocycles. The van der Waals surface area contributed by atoms with Crippen LogP contribution in [0.3, 0.4) is 0 Å². The fourth-order valence-corrected chi connectivity index (χ4v) is 3.70. The van der Waals surface area contributed by atoms with E-state index in [1.54, 1.807) is 38.1 Å². The second kappa shape index (κ2) is 14.2. The van der Waals surface area contributed by atoms with Gasteiger partial charge in [0.15, 0.2) is 17.4 Å². The van der Waals surface area contributed by atoms with Crippen LogP contribution in [0.1, 0.15) is 69.9 Å². The predicted octanol–water partition coefficient (Wildman–Crippen LogP) is 5.05. The fraction of sp³-hybridized carbons (Fsp3) is 0.286. The van der Waals surface area contributed by atoms with Crippen molar-refractivity contribution in [2.24, 2.45) is 10.2 Å². The number of carbonyl (C=O) groups is 4. The second-order valence-corrected chi connectivity index (χ2v) is 8.75. The molecular weight excluding hydrogens is 520 g/mol. The van der Waals surface area contributed by atoms with E-state index in [2.05, 4.69) is 20.2 Å². The topological polar surface area (TPSA) is 200 Å². The molecule has 0 aliphatic heterocycles. The Bertz CT molecular complexity index is 1450. The molecule has 12 heteroatoms. The molecule has 2 heterocycles. The summed E-state index contributed by atoms with van der Waals surface area (Å²) in [4.78, 5) is 52.6. The monoisotopic (exact) mass is 550 g/mol. The van der Waals surface area contributed by atoms with Gasteiger partial charge >= 0.3 is 11.9 Å². The Kier molecular flexibility index (Phi) is 11.1. The Balaban J connectivity index is 0.000000305. The van der Waals surface area contributed by atoms with Crippen molar-refractivity contribution in [2.75, 3.05) is 0 Å². The van der Waals surface area contributed by atoms with E-state index in [4.69, 9.17) is 10.2 Å². The summed E-state index contributed by atoms with van der Waals surface area (Å²) in [6.07, 6.45) is 1.34. The Morgan fingerprint density at radius 3 is 1.88 bits per heavy atom. The van der Waals surface area contributed by atoms with E-state index in [-0.39, 0.29) is 77.0 Å². The number of hydrogen-bond donors (Lipinski definition) is 4. The summed E-state index contributed by atoms with van der Waals surface area (Å²) in [5.74, 6) is -2.90. The normalized spacial score (nSPS) is 10.6. The third-order valence-corrected chi connectivity index (χ3v) is 5.66. The van der Waals surface area contributed by atoms with Crippen molar-refractivity contribution < 1.29 is 39.6 Å². The van der Waals surface area contributed by atoms with Crippen molar-refractivity contribution in [2.45, 2.75) is 53.4 Å². The summed E-state index contributed by atoms with van der Waals surface area (Å²) < 4.78 is 0. The SMILES string of the molecule is CC(=O)c1c(CCC(=O)O)cnc(C)c1O.CC(=O)c1c(O)c(C)nc(N=Nc2ccccc2)c1CCC(=O)O. The summed E-state index contributed by atoms with van der Waals surface area (Å²) in [6.45, 7) is 5.77. The maximum Gasteiger partial charge on any atom is 0.303 e. The second-order valence-electron chi connectivity index (χ2n) is 8.75. The van der Waals surface area contributed by atoms with Crippen molar-refractivity contribution in [1.82, 2.24) is 9.97 Å². The van der Waals surface area contributed by atoms with Crippen LogP contribution in [0.4, 0.5) is 11.5 Å². The number of carbonyl (C=O) groups excluding carboxylic acids is 2. The predicted molar refractivity (Wildman–Crippen MR) is 144 cm³/mol. The number of Topliss-reactive ketones (excluding diaryl/α,β-unsaturated/α-hetero) is 2. The van der Waals surface area contributed by atoms with Crippen LogP contribution in [0.5, 0.6) is 11.5 Å². The Morgan fingerprint density at radius 2 is 1.32 bits per heavy atom. The first kappa shape index (κ1) is 31.2. The Hall–Kier alpha value is -5.00. The molecule has 210 valence electrons. The highest BCUT2D eigenvalue weighted by Crippen LogP contribution is 2.33. The number of nitrogens with zero attached hydrogens (tertiary/aromatic N) is 4. The van der Waals surface area contributed by atoms with E-state index in [1.165, 1.54) is 20.0 Å². The van der Waals surface area contributed by atoms with E-state index >= 15 is 0 Å². The number of carboxylic acids is 2. The van der Waals surface area contributed by atoms with Gasteiger partial charge in [-0.25, -0.2) is 4.98 Å². The molecule has 3 rings (SSSR count). The standard InChI is InChI=1S/C17H17N3O4.C11H13NO4/c1-10-16(24)15(11(2)21)13(8-9-14(22)23)17(18-10)20-19-12-6-4-3-5-7-12;1-6-11(16)10(7(2)13)8(5-12-6)3-4-9(14)15/h3-7,24H,8-9H2,1-2H3,(H,22,23);5,16H,3-4H2,1-2H3,(H,14,15). The molecule has 2 aromatic heterocycles. The number of carboxylic acid groups (broad SMARTS) is 2. The lowest BCUT2D eigenvalue weighted by Gasteiger charge is -2.12. The first-order chi connectivity index (χ1) is 18.8. The summed E-state index contributed by atoms with van der Waals surface area (Å²) in [7, 11) is 0. The zero-order valence-corrected chi connectivity index (χ0v) is 22.5. The molecular formula is C28H30N4O8. The summed E-state index contributed by atoms with van der Waals surface area (Å²) in [6, 6.07) is 8.94. The maximum absolute atomic E-state index is 11.9. The van der Waals surface area contributed by atoms with Gasteiger partial charge in [0.2, 0.25) is 0 Å². The van der Waals surface area contributed by atoms with E-state index in [9.17, 15) is 29.4 Å². The molecule has 0 spiro atoms. The molecule has 40 heavy (non-hydrogen) atoms. The number of aryl methyl sites for hydroxylation is 3. The van der Waals surface area contributed by atoms with Gasteiger partial charge in [0.25, 0.3) is 0 Å². The van der Waals surface area contributed by atoms with Crippen LogP contribution >= 0.6 is 0 Å². The molecule has 0 saturated heterocycles. The number of pyridine rings is 2. The molecule has 12 nitrogen and oxygen atoms in total. The largest absolute Gasteiger partial charge is 0.505 e. The van der Waals surface area contributed by atoms with Crippen molar-refractivity contribution in [3.63, 3.8) is 0 Å². The van der Waals surface area contributed by atoms with Gasteiger partial charge in [0.1, 0.15) is 11.5 Å². The van der Waals surface area contributed by atoms with Crippen molar-refractivity contribution >= 4 is 35.0 Å². The minimum absolute atomic E-state index is 0.0221. The molecule has 0 aliphatic rings. The highest BCUT2D eigenvalue weighted by molar-refractivity contribution is 6.00. The number of aromatic nitrogens is 2. The van der Waals surface area contributed by atoms with Crippen molar-refractivity contribution in [3.8, 4) is 11.5 Å². The molecule has 0 fully saturated rings. The van der Waals surface area contributed by atoms with Crippen LogP contribution in [-0.2, 0) is 22.4 Å². The number of azo groups is 1. The van der Waals surface area contributed by atoms with E-state index in [0.717, 1.165) is 0 Å². The fourth-order valence-electron chi connectivity index (χ4n) is 3.70. The zero-order chi connectivity index (χ0) is 30.0. The van der Waals surface area contributed by atoms with Gasteiger partial charge in [-0.05, 0) is 58.2 Å². The van der Waals surface area contributed by atoms with Gasteiger partial charge < -0.3 is 20.4 Å². The quantitative estimate of drug-likeness (QED) is 0.196. The van der Waals surface area contributed by atoms with Crippen LogP contribution in [0.25, 0.3) is 0 Å². The highest BCUT2D eigenvalue weighted by Gasteiger charge is 2.21. The van der Waals surface area contributed by atoms with E-state index in [1.807, 2.05) is 6.07 Å². The van der Waals surface area contributed by atoms with Crippen LogP contribution in [0, 0.1) is 13.8 Å². The molecule has 0 amide bonds. The van der Waals surface area contributed by atoms with Gasteiger partial charge in [-0.15, -0.1) is 10.2 Å². The number of benzene rings is 1. The minimum Gasteiger partial charge on any atom is -0.505 e. The first-order valence-electron chi connectivity index (χ1n) is 12.2. The number of hydrogen-bond acceptors (Lipinski definition) is 10. The molecule has 0 saturated carbocycles. The lowest BCUT2D eigenvalue weighted by Crippen LogP contribution is -2.07. The van der Waals surface area contributed by atoms with Gasteiger partial charge in [0, 0.05) is 24.6 Å². The van der Waals surface area contributed by atoms with Crippen molar-refractivity contribution in [3.05, 3.63) is 70.2 Å². The third kappa shape index (κ3) is 8.51. The van der Waals surface area contributed by atoms with Crippen LogP contribution in [-0.4, -0.2) is 53.9 Å². The molecule has 3 aromatic rings. The Morgan fingerprint density at radius 1 is 0.775 bits per heavy atom. The number of aliphatic carboxylic acids is 2. The summed E-state index contributed by atoms with van der Waals surface area (Å²) in [5, 5.41) is 45.4. The average molecular weight is 551 g/mol. The van der Waals surface area contributed by atoms with Crippen LogP contribution in [0.15, 0.2) is 46.8 Å². The molecule has 4 N–H and O–H groups in total. The van der Waals surface area contributed by atoms with Gasteiger partial charge in [0.05, 0.1) is 28.2 Å².